The van der Waals surface area contributed by atoms with Gasteiger partial charge in [0.25, 0.3) is 5.56 Å². The average molecular weight is 464 g/mol. The summed E-state index contributed by atoms with van der Waals surface area (Å²) >= 11 is 0. The first kappa shape index (κ1) is 23.2. The van der Waals surface area contributed by atoms with E-state index >= 15 is 0 Å². The van der Waals surface area contributed by atoms with E-state index in [1.165, 1.54) is 10.6 Å². The van der Waals surface area contributed by atoms with Crippen molar-refractivity contribution >= 4 is 39.4 Å². The maximum absolute atomic E-state index is 13.0. The summed E-state index contributed by atoms with van der Waals surface area (Å²) in [6, 6.07) is 9.73. The van der Waals surface area contributed by atoms with Crippen LogP contribution >= 0.6 is 12.4 Å². The molecule has 1 aromatic carbocycles. The number of hydrogen-bond acceptors (Lipinski definition) is 6. The molecule has 8 nitrogen and oxygen atoms in total. The number of benzene rings is 1. The third-order valence-corrected chi connectivity index (χ3v) is 6.94. The first-order valence-corrected chi connectivity index (χ1v) is 11.7. The quantitative estimate of drug-likeness (QED) is 0.638. The SMILES string of the molecule is Cc1ccccc1-c1cc2cnc(NC3CCN(S(C)(=O)=O)CC3)nc2n(C)c1=O.Cl. The lowest BCUT2D eigenvalue weighted by molar-refractivity contribution is 0.331. The number of fused-ring (bicyclic) bond motifs is 1. The topological polar surface area (TPSA) is 97.2 Å². The van der Waals surface area contributed by atoms with E-state index in [0.29, 0.717) is 43.1 Å². The molecule has 0 unspecified atom stereocenters. The van der Waals surface area contributed by atoms with E-state index in [2.05, 4.69) is 15.3 Å². The lowest BCUT2D eigenvalue weighted by Gasteiger charge is -2.30. The summed E-state index contributed by atoms with van der Waals surface area (Å²) in [5.41, 5.74) is 3.01. The largest absolute Gasteiger partial charge is 0.351 e. The van der Waals surface area contributed by atoms with Crippen LogP contribution in [0.25, 0.3) is 22.2 Å². The number of aryl methyl sites for hydroxylation is 2. The van der Waals surface area contributed by atoms with Crippen LogP contribution < -0.4 is 10.9 Å². The zero-order chi connectivity index (χ0) is 21.5. The molecule has 1 aliphatic heterocycles. The number of halogens is 1. The van der Waals surface area contributed by atoms with Crippen LogP contribution in [0.5, 0.6) is 0 Å². The minimum absolute atomic E-state index is 0. The van der Waals surface area contributed by atoms with E-state index in [-0.39, 0.29) is 24.0 Å². The van der Waals surface area contributed by atoms with Gasteiger partial charge in [0.2, 0.25) is 16.0 Å². The molecule has 1 fully saturated rings. The number of sulfonamides is 1. The van der Waals surface area contributed by atoms with Gasteiger partial charge in [-0.2, -0.15) is 4.98 Å². The van der Waals surface area contributed by atoms with Gasteiger partial charge in [0.05, 0.1) is 6.26 Å². The minimum atomic E-state index is -3.16. The Morgan fingerprint density at radius 1 is 1.13 bits per heavy atom. The normalized spacial score (nSPS) is 15.6. The van der Waals surface area contributed by atoms with Crippen molar-refractivity contribution in [2.75, 3.05) is 24.7 Å². The molecule has 166 valence electrons. The van der Waals surface area contributed by atoms with Crippen LogP contribution in [0.15, 0.2) is 41.3 Å². The molecular weight excluding hydrogens is 438 g/mol. The molecule has 0 bridgehead atoms. The summed E-state index contributed by atoms with van der Waals surface area (Å²) < 4.78 is 26.4. The molecule has 4 rings (SSSR count). The Kier molecular flexibility index (Phi) is 6.68. The van der Waals surface area contributed by atoms with E-state index in [1.807, 2.05) is 37.3 Å². The van der Waals surface area contributed by atoms with Crippen LogP contribution in [0.2, 0.25) is 0 Å². The number of rotatable bonds is 4. The monoisotopic (exact) mass is 463 g/mol. The molecule has 3 aromatic rings. The molecule has 0 aliphatic carbocycles. The van der Waals surface area contributed by atoms with Crippen molar-refractivity contribution < 1.29 is 8.42 Å². The zero-order valence-corrected chi connectivity index (χ0v) is 19.3. The van der Waals surface area contributed by atoms with Crippen LogP contribution in [0.4, 0.5) is 5.95 Å². The van der Waals surface area contributed by atoms with Crippen molar-refractivity contribution in [1.29, 1.82) is 0 Å². The molecule has 1 saturated heterocycles. The van der Waals surface area contributed by atoms with Crippen molar-refractivity contribution in [3.05, 3.63) is 52.4 Å². The standard InChI is InChI=1S/C21H25N5O3S.ClH/c1-14-6-4-5-7-17(14)18-12-15-13-22-21(24-19(15)25(2)20(18)27)23-16-8-10-26(11-9-16)30(3,28)29;/h4-7,12-13,16H,8-11H2,1-3H3,(H,22,23,24);1H. The Balaban J connectivity index is 0.00000272. The van der Waals surface area contributed by atoms with E-state index in [1.54, 1.807) is 17.8 Å². The second-order valence-electron chi connectivity index (χ2n) is 7.79. The highest BCUT2D eigenvalue weighted by Crippen LogP contribution is 2.23. The summed E-state index contributed by atoms with van der Waals surface area (Å²) in [5, 5.41) is 4.07. The van der Waals surface area contributed by atoms with Gasteiger partial charge in [0, 0.05) is 43.3 Å². The van der Waals surface area contributed by atoms with Crippen LogP contribution in [0.3, 0.4) is 0 Å². The zero-order valence-electron chi connectivity index (χ0n) is 17.7. The maximum Gasteiger partial charge on any atom is 0.259 e. The van der Waals surface area contributed by atoms with Crippen LogP contribution in [0, 0.1) is 6.92 Å². The molecule has 3 heterocycles. The van der Waals surface area contributed by atoms with Gasteiger partial charge in [0.15, 0.2) is 0 Å². The van der Waals surface area contributed by atoms with Crippen molar-refractivity contribution in [3.63, 3.8) is 0 Å². The Bertz CT molecular complexity index is 1270. The summed E-state index contributed by atoms with van der Waals surface area (Å²) in [7, 11) is -1.44. The number of anilines is 1. The van der Waals surface area contributed by atoms with Gasteiger partial charge in [-0.05, 0) is 37.0 Å². The fourth-order valence-electron chi connectivity index (χ4n) is 3.90. The molecular formula is C21H26ClN5O3S. The molecule has 2 aromatic heterocycles. The van der Waals surface area contributed by atoms with Gasteiger partial charge >= 0.3 is 0 Å². The van der Waals surface area contributed by atoms with Crippen LogP contribution in [-0.2, 0) is 17.1 Å². The predicted molar refractivity (Wildman–Crippen MR) is 125 cm³/mol. The van der Waals surface area contributed by atoms with Crippen molar-refractivity contribution in [2.24, 2.45) is 7.05 Å². The van der Waals surface area contributed by atoms with Crippen LogP contribution in [0.1, 0.15) is 18.4 Å². The van der Waals surface area contributed by atoms with E-state index in [0.717, 1.165) is 16.5 Å². The smallest absolute Gasteiger partial charge is 0.259 e. The lowest BCUT2D eigenvalue weighted by atomic mass is 10.0. The van der Waals surface area contributed by atoms with Gasteiger partial charge in [-0.3, -0.25) is 9.36 Å². The van der Waals surface area contributed by atoms with Gasteiger partial charge in [-0.15, -0.1) is 12.4 Å². The van der Waals surface area contributed by atoms with Crippen molar-refractivity contribution in [3.8, 4) is 11.1 Å². The lowest BCUT2D eigenvalue weighted by Crippen LogP contribution is -2.42. The summed E-state index contributed by atoms with van der Waals surface area (Å²) in [6.45, 7) is 2.93. The van der Waals surface area contributed by atoms with Gasteiger partial charge in [0.1, 0.15) is 5.65 Å². The first-order valence-electron chi connectivity index (χ1n) is 9.88. The predicted octanol–water partition coefficient (Wildman–Crippen LogP) is 2.56. The van der Waals surface area contributed by atoms with Crippen LogP contribution in [-0.4, -0.2) is 52.6 Å². The molecule has 0 amide bonds. The highest BCUT2D eigenvalue weighted by molar-refractivity contribution is 7.88. The molecule has 1 aliphatic rings. The maximum atomic E-state index is 13.0. The summed E-state index contributed by atoms with van der Waals surface area (Å²) in [5.74, 6) is 0.443. The van der Waals surface area contributed by atoms with E-state index in [4.69, 9.17) is 0 Å². The minimum Gasteiger partial charge on any atom is -0.351 e. The molecule has 0 saturated carbocycles. The molecule has 0 spiro atoms. The molecule has 1 N–H and O–H groups in total. The van der Waals surface area contributed by atoms with Gasteiger partial charge in [-0.1, -0.05) is 24.3 Å². The number of nitrogens with one attached hydrogen (secondary N) is 1. The van der Waals surface area contributed by atoms with Gasteiger partial charge < -0.3 is 5.32 Å². The third kappa shape index (κ3) is 4.73. The third-order valence-electron chi connectivity index (χ3n) is 5.64. The second-order valence-corrected chi connectivity index (χ2v) is 9.77. The summed E-state index contributed by atoms with van der Waals surface area (Å²) in [4.78, 5) is 22.0. The fourth-order valence-corrected chi connectivity index (χ4v) is 4.77. The first-order chi connectivity index (χ1) is 14.2. The van der Waals surface area contributed by atoms with E-state index in [9.17, 15) is 13.2 Å². The highest BCUT2D eigenvalue weighted by atomic mass is 35.5. The second kappa shape index (κ2) is 8.94. The Labute approximate surface area is 187 Å². The Morgan fingerprint density at radius 2 is 1.81 bits per heavy atom. The number of aromatic nitrogens is 3. The highest BCUT2D eigenvalue weighted by Gasteiger charge is 2.25. The number of pyridine rings is 1. The Morgan fingerprint density at radius 3 is 2.45 bits per heavy atom. The summed E-state index contributed by atoms with van der Waals surface area (Å²) in [6.07, 6.45) is 4.32. The molecule has 0 radical (unpaired) electrons. The van der Waals surface area contributed by atoms with Gasteiger partial charge in [-0.25, -0.2) is 17.7 Å². The molecule has 31 heavy (non-hydrogen) atoms. The van der Waals surface area contributed by atoms with Crippen molar-refractivity contribution in [2.45, 2.75) is 25.8 Å². The number of nitrogens with zero attached hydrogens (tertiary/aromatic N) is 4. The average Bonchev–Trinajstić information content (AvgIpc) is 2.71. The number of hydrogen-bond donors (Lipinski definition) is 1. The molecule has 0 atom stereocenters. The Hall–Kier alpha value is -2.49. The fraction of sp³-hybridized carbons (Fsp3) is 0.381. The van der Waals surface area contributed by atoms with Crippen molar-refractivity contribution in [1.82, 2.24) is 18.8 Å². The number of piperidine rings is 1. The molecule has 10 heteroatoms. The van der Waals surface area contributed by atoms with E-state index < -0.39 is 10.0 Å².